The first-order valence-electron chi connectivity index (χ1n) is 16.5. The van der Waals surface area contributed by atoms with Gasteiger partial charge >= 0.3 is 0 Å². The van der Waals surface area contributed by atoms with Crippen molar-refractivity contribution in [3.05, 3.63) is 182 Å². The Labute approximate surface area is 278 Å². The number of hydrogen-bond acceptors (Lipinski definition) is 0. The molecule has 2 heteroatoms. The molecule has 0 fully saturated rings. The number of benzene rings is 8. The smallest absolute Gasteiger partial charge is 0.0548 e. The predicted octanol–water partition coefficient (Wildman–Crippen LogP) is 12.4. The maximum absolute atomic E-state index is 2.44. The zero-order chi connectivity index (χ0) is 31.6. The van der Waals surface area contributed by atoms with Gasteiger partial charge in [-0.1, -0.05) is 127 Å². The second kappa shape index (κ2) is 10.6. The summed E-state index contributed by atoms with van der Waals surface area (Å²) in [4.78, 5) is 0. The van der Waals surface area contributed by atoms with Gasteiger partial charge in [0.05, 0.1) is 22.1 Å². The van der Waals surface area contributed by atoms with Gasteiger partial charge in [0.1, 0.15) is 0 Å². The van der Waals surface area contributed by atoms with Crippen molar-refractivity contribution in [3.8, 4) is 33.6 Å². The van der Waals surface area contributed by atoms with Crippen molar-refractivity contribution in [1.29, 1.82) is 0 Å². The average molecular weight is 611 g/mol. The van der Waals surface area contributed by atoms with Crippen LogP contribution in [0.4, 0.5) is 0 Å². The molecule has 0 atom stereocenters. The molecule has 10 aromatic rings. The minimum absolute atomic E-state index is 1.17. The number of fused-ring (bicyclic) bond motifs is 8. The van der Waals surface area contributed by atoms with Gasteiger partial charge in [-0.05, 0) is 87.6 Å². The lowest BCUT2D eigenvalue weighted by Crippen LogP contribution is -1.95. The average Bonchev–Trinajstić information content (AvgIpc) is 3.68. The lowest BCUT2D eigenvalue weighted by Gasteiger charge is -2.11. The SMILES string of the molecule is c1ccc(-c2ccc(-c3ccc4cc(-n5c6ccccc6c6c7c8ccccc8n(-c8ccccc8)c7ccc65)ccc4c3)cc2)cc1. The van der Waals surface area contributed by atoms with Crippen molar-refractivity contribution < 1.29 is 0 Å². The first-order valence-corrected chi connectivity index (χ1v) is 16.5. The van der Waals surface area contributed by atoms with Gasteiger partial charge in [-0.2, -0.15) is 0 Å². The Kier molecular flexibility index (Phi) is 5.91. The van der Waals surface area contributed by atoms with Gasteiger partial charge in [-0.3, -0.25) is 0 Å². The molecule has 0 aliphatic rings. The highest BCUT2D eigenvalue weighted by molar-refractivity contribution is 6.28. The molecule has 48 heavy (non-hydrogen) atoms. The molecule has 2 nitrogen and oxygen atoms in total. The van der Waals surface area contributed by atoms with Crippen LogP contribution in [-0.4, -0.2) is 9.13 Å². The Hall–Kier alpha value is -6.38. The van der Waals surface area contributed by atoms with Crippen LogP contribution in [0.3, 0.4) is 0 Å². The number of nitrogens with zero attached hydrogens (tertiary/aromatic N) is 2. The van der Waals surface area contributed by atoms with Gasteiger partial charge in [0.15, 0.2) is 0 Å². The van der Waals surface area contributed by atoms with Crippen molar-refractivity contribution in [2.75, 3.05) is 0 Å². The molecule has 2 aromatic heterocycles. The molecule has 2 heterocycles. The first-order chi connectivity index (χ1) is 23.8. The summed E-state index contributed by atoms with van der Waals surface area (Å²) in [6.07, 6.45) is 0. The summed E-state index contributed by atoms with van der Waals surface area (Å²) in [5.41, 5.74) is 12.1. The van der Waals surface area contributed by atoms with Gasteiger partial charge < -0.3 is 9.13 Å². The van der Waals surface area contributed by atoms with Gasteiger partial charge in [-0.25, -0.2) is 0 Å². The molecule has 0 saturated carbocycles. The molecule has 0 radical (unpaired) electrons. The van der Waals surface area contributed by atoms with E-state index < -0.39 is 0 Å². The van der Waals surface area contributed by atoms with Crippen molar-refractivity contribution >= 4 is 54.4 Å². The fourth-order valence-electron chi connectivity index (χ4n) is 7.69. The highest BCUT2D eigenvalue weighted by Crippen LogP contribution is 2.42. The van der Waals surface area contributed by atoms with Crippen LogP contribution in [0, 0.1) is 0 Å². The third-order valence-corrected chi connectivity index (χ3v) is 9.89. The van der Waals surface area contributed by atoms with Crippen LogP contribution in [0.15, 0.2) is 182 Å². The summed E-state index contributed by atoms with van der Waals surface area (Å²) in [6, 6.07) is 66.1. The number of rotatable bonds is 4. The van der Waals surface area contributed by atoms with Gasteiger partial charge in [0, 0.05) is 32.9 Å². The molecule has 8 aromatic carbocycles. The Morgan fingerprint density at radius 3 is 1.38 bits per heavy atom. The number of para-hydroxylation sites is 3. The predicted molar refractivity (Wildman–Crippen MR) is 203 cm³/mol. The van der Waals surface area contributed by atoms with Gasteiger partial charge in [0.2, 0.25) is 0 Å². The van der Waals surface area contributed by atoms with Crippen LogP contribution in [0.5, 0.6) is 0 Å². The molecule has 0 N–H and O–H groups in total. The van der Waals surface area contributed by atoms with Crippen LogP contribution in [0.25, 0.3) is 88.0 Å². The van der Waals surface area contributed by atoms with Crippen LogP contribution in [-0.2, 0) is 0 Å². The Morgan fingerprint density at radius 2 is 0.729 bits per heavy atom. The molecular weight excluding hydrogens is 581 g/mol. The molecule has 0 bridgehead atoms. The molecule has 0 unspecified atom stereocenters. The van der Waals surface area contributed by atoms with Gasteiger partial charge in [-0.15, -0.1) is 0 Å². The maximum Gasteiger partial charge on any atom is 0.0548 e. The van der Waals surface area contributed by atoms with Gasteiger partial charge in [0.25, 0.3) is 0 Å². The Morgan fingerprint density at radius 1 is 0.271 bits per heavy atom. The molecular formula is C46H30N2. The summed E-state index contributed by atoms with van der Waals surface area (Å²) in [5, 5.41) is 7.59. The van der Waals surface area contributed by atoms with Crippen LogP contribution in [0.2, 0.25) is 0 Å². The topological polar surface area (TPSA) is 9.86 Å². The van der Waals surface area contributed by atoms with Crippen LogP contribution >= 0.6 is 0 Å². The lowest BCUT2D eigenvalue weighted by atomic mass is 9.98. The summed E-state index contributed by atoms with van der Waals surface area (Å²) < 4.78 is 4.84. The highest BCUT2D eigenvalue weighted by Gasteiger charge is 2.20. The van der Waals surface area contributed by atoms with Crippen LogP contribution < -0.4 is 0 Å². The monoisotopic (exact) mass is 610 g/mol. The zero-order valence-electron chi connectivity index (χ0n) is 26.2. The first kappa shape index (κ1) is 26.8. The van der Waals surface area contributed by atoms with Crippen molar-refractivity contribution in [1.82, 2.24) is 9.13 Å². The maximum atomic E-state index is 2.44. The lowest BCUT2D eigenvalue weighted by molar-refractivity contribution is 1.17. The molecule has 224 valence electrons. The second-order valence-corrected chi connectivity index (χ2v) is 12.6. The standard InChI is InChI=1S/C46H30N2/c1-3-11-31(12-4-1)32-19-21-33(22-20-32)34-23-24-36-30-38(26-25-35(36)29-34)48-42-18-10-8-16-40(42)46-44(48)28-27-43-45(46)39-15-7-9-17-41(39)47(43)37-13-5-2-6-14-37/h1-30H. The zero-order valence-corrected chi connectivity index (χ0v) is 26.2. The minimum atomic E-state index is 1.17. The van der Waals surface area contributed by atoms with Crippen molar-refractivity contribution in [2.24, 2.45) is 0 Å². The molecule has 0 aliphatic heterocycles. The molecule has 0 aliphatic carbocycles. The van der Waals surface area contributed by atoms with E-state index >= 15 is 0 Å². The summed E-state index contributed by atoms with van der Waals surface area (Å²) in [6.45, 7) is 0. The number of aromatic nitrogens is 2. The second-order valence-electron chi connectivity index (χ2n) is 12.6. The van der Waals surface area contributed by atoms with E-state index in [1.54, 1.807) is 0 Å². The van der Waals surface area contributed by atoms with E-state index in [1.807, 2.05) is 0 Å². The third kappa shape index (κ3) is 4.06. The molecule has 0 amide bonds. The highest BCUT2D eigenvalue weighted by atomic mass is 15.0. The quantitative estimate of drug-likeness (QED) is 0.188. The summed E-state index contributed by atoms with van der Waals surface area (Å²) >= 11 is 0. The van der Waals surface area contributed by atoms with E-state index in [1.165, 1.54) is 88.0 Å². The summed E-state index contributed by atoms with van der Waals surface area (Å²) in [7, 11) is 0. The van der Waals surface area contributed by atoms with Crippen molar-refractivity contribution in [2.45, 2.75) is 0 Å². The largest absolute Gasteiger partial charge is 0.309 e. The van der Waals surface area contributed by atoms with E-state index in [0.717, 1.165) is 0 Å². The van der Waals surface area contributed by atoms with E-state index in [4.69, 9.17) is 0 Å². The van der Waals surface area contributed by atoms with E-state index in [2.05, 4.69) is 191 Å². The van der Waals surface area contributed by atoms with E-state index in [0.29, 0.717) is 0 Å². The van der Waals surface area contributed by atoms with E-state index in [9.17, 15) is 0 Å². The molecule has 0 saturated heterocycles. The van der Waals surface area contributed by atoms with Crippen LogP contribution in [0.1, 0.15) is 0 Å². The molecule has 10 rings (SSSR count). The minimum Gasteiger partial charge on any atom is -0.309 e. The third-order valence-electron chi connectivity index (χ3n) is 9.89. The molecule has 0 spiro atoms. The van der Waals surface area contributed by atoms with Crippen molar-refractivity contribution in [3.63, 3.8) is 0 Å². The fourth-order valence-corrected chi connectivity index (χ4v) is 7.69. The Bertz CT molecular complexity index is 2800. The fraction of sp³-hybridized carbons (Fsp3) is 0. The normalized spacial score (nSPS) is 11.8. The van der Waals surface area contributed by atoms with E-state index in [-0.39, 0.29) is 0 Å². The summed E-state index contributed by atoms with van der Waals surface area (Å²) in [5.74, 6) is 0. The number of hydrogen-bond donors (Lipinski definition) is 0. The Balaban J connectivity index is 1.14.